The number of amides is 2. The van der Waals surface area contributed by atoms with Crippen LogP contribution < -0.4 is 10.6 Å². The van der Waals surface area contributed by atoms with Gasteiger partial charge in [0.05, 0.1) is 19.8 Å². The van der Waals surface area contributed by atoms with Gasteiger partial charge in [0.25, 0.3) is 5.91 Å². The second-order valence-corrected chi connectivity index (χ2v) is 6.79. The van der Waals surface area contributed by atoms with E-state index in [0.29, 0.717) is 36.7 Å². The average molecular weight is 381 g/mol. The van der Waals surface area contributed by atoms with Crippen molar-refractivity contribution >= 4 is 23.2 Å². The van der Waals surface area contributed by atoms with Crippen molar-refractivity contribution in [3.63, 3.8) is 0 Å². The van der Waals surface area contributed by atoms with E-state index in [1.54, 1.807) is 6.07 Å². The second-order valence-electron chi connectivity index (χ2n) is 6.79. The van der Waals surface area contributed by atoms with Crippen molar-refractivity contribution in [2.24, 2.45) is 0 Å². The SMILES string of the molecule is CCN(CC)CC(=O)Nc1cccc(NC(=O)c2cccc3c2CCOC3)c1. The third-order valence-electron chi connectivity index (χ3n) is 4.94. The molecule has 0 saturated carbocycles. The highest BCUT2D eigenvalue weighted by Crippen LogP contribution is 2.23. The summed E-state index contributed by atoms with van der Waals surface area (Å²) in [6.45, 7) is 7.24. The number of hydrogen-bond donors (Lipinski definition) is 2. The lowest BCUT2D eigenvalue weighted by atomic mass is 9.96. The number of ether oxygens (including phenoxy) is 1. The van der Waals surface area contributed by atoms with Crippen LogP contribution in [-0.2, 0) is 22.6 Å². The molecule has 2 aromatic carbocycles. The van der Waals surface area contributed by atoms with Gasteiger partial charge in [-0.25, -0.2) is 0 Å². The summed E-state index contributed by atoms with van der Waals surface area (Å²) in [6, 6.07) is 12.9. The molecule has 0 atom stereocenters. The van der Waals surface area contributed by atoms with Gasteiger partial charge in [-0.05, 0) is 54.9 Å². The van der Waals surface area contributed by atoms with Gasteiger partial charge in [0, 0.05) is 16.9 Å². The van der Waals surface area contributed by atoms with Gasteiger partial charge in [0.1, 0.15) is 0 Å². The summed E-state index contributed by atoms with van der Waals surface area (Å²) < 4.78 is 5.47. The maximum absolute atomic E-state index is 12.8. The maximum Gasteiger partial charge on any atom is 0.255 e. The molecule has 1 heterocycles. The van der Waals surface area contributed by atoms with E-state index in [2.05, 4.69) is 10.6 Å². The quantitative estimate of drug-likeness (QED) is 0.772. The van der Waals surface area contributed by atoms with Crippen LogP contribution >= 0.6 is 0 Å². The highest BCUT2D eigenvalue weighted by molar-refractivity contribution is 6.06. The van der Waals surface area contributed by atoms with E-state index < -0.39 is 0 Å². The molecule has 0 spiro atoms. The molecular weight excluding hydrogens is 354 g/mol. The van der Waals surface area contributed by atoms with Crippen molar-refractivity contribution < 1.29 is 14.3 Å². The molecule has 0 aliphatic carbocycles. The second kappa shape index (κ2) is 9.48. The summed E-state index contributed by atoms with van der Waals surface area (Å²) in [5, 5.41) is 5.84. The fourth-order valence-corrected chi connectivity index (χ4v) is 3.36. The first-order valence-corrected chi connectivity index (χ1v) is 9.72. The summed E-state index contributed by atoms with van der Waals surface area (Å²) in [7, 11) is 0. The lowest BCUT2D eigenvalue weighted by molar-refractivity contribution is -0.117. The number of rotatable bonds is 7. The Morgan fingerprint density at radius 1 is 1.04 bits per heavy atom. The predicted molar refractivity (Wildman–Crippen MR) is 111 cm³/mol. The summed E-state index contributed by atoms with van der Waals surface area (Å²) in [6.07, 6.45) is 0.736. The minimum absolute atomic E-state index is 0.0655. The van der Waals surface area contributed by atoms with E-state index >= 15 is 0 Å². The maximum atomic E-state index is 12.8. The lowest BCUT2D eigenvalue weighted by Gasteiger charge is -2.19. The van der Waals surface area contributed by atoms with Gasteiger partial charge in [-0.3, -0.25) is 14.5 Å². The zero-order valence-electron chi connectivity index (χ0n) is 16.5. The summed E-state index contributed by atoms with van der Waals surface area (Å²) in [4.78, 5) is 27.0. The molecule has 148 valence electrons. The molecule has 0 saturated heterocycles. The number of carbonyl (C=O) groups excluding carboxylic acids is 2. The Balaban J connectivity index is 1.68. The van der Waals surface area contributed by atoms with Crippen LogP contribution in [0.4, 0.5) is 11.4 Å². The zero-order valence-corrected chi connectivity index (χ0v) is 16.5. The Morgan fingerprint density at radius 3 is 2.50 bits per heavy atom. The van der Waals surface area contributed by atoms with Crippen LogP contribution in [0.15, 0.2) is 42.5 Å². The fraction of sp³-hybridized carbons (Fsp3) is 0.364. The molecule has 0 aromatic heterocycles. The molecule has 2 N–H and O–H groups in total. The molecule has 0 radical (unpaired) electrons. The third-order valence-corrected chi connectivity index (χ3v) is 4.94. The van der Waals surface area contributed by atoms with Crippen LogP contribution in [-0.4, -0.2) is 43.0 Å². The Morgan fingerprint density at radius 2 is 1.75 bits per heavy atom. The van der Waals surface area contributed by atoms with Crippen LogP contribution in [0, 0.1) is 0 Å². The van der Waals surface area contributed by atoms with Gasteiger partial charge in [0.15, 0.2) is 0 Å². The van der Waals surface area contributed by atoms with E-state index in [1.165, 1.54) is 0 Å². The molecule has 28 heavy (non-hydrogen) atoms. The van der Waals surface area contributed by atoms with Crippen molar-refractivity contribution in [1.82, 2.24) is 4.90 Å². The zero-order chi connectivity index (χ0) is 19.9. The number of nitrogens with one attached hydrogen (secondary N) is 2. The van der Waals surface area contributed by atoms with Crippen LogP contribution in [0.5, 0.6) is 0 Å². The highest BCUT2D eigenvalue weighted by atomic mass is 16.5. The molecule has 6 nitrogen and oxygen atoms in total. The van der Waals surface area contributed by atoms with Gasteiger partial charge in [-0.2, -0.15) is 0 Å². The van der Waals surface area contributed by atoms with Crippen molar-refractivity contribution in [3.05, 3.63) is 59.2 Å². The smallest absolute Gasteiger partial charge is 0.255 e. The number of hydrogen-bond acceptors (Lipinski definition) is 4. The molecular formula is C22H27N3O3. The van der Waals surface area contributed by atoms with Gasteiger partial charge < -0.3 is 15.4 Å². The lowest BCUT2D eigenvalue weighted by Crippen LogP contribution is -2.32. The van der Waals surface area contributed by atoms with Crippen LogP contribution in [0.3, 0.4) is 0 Å². The predicted octanol–water partition coefficient (Wildman–Crippen LogP) is 3.29. The first-order chi connectivity index (χ1) is 13.6. The number of fused-ring (bicyclic) bond motifs is 1. The third kappa shape index (κ3) is 4.97. The summed E-state index contributed by atoms with van der Waals surface area (Å²) >= 11 is 0. The highest BCUT2D eigenvalue weighted by Gasteiger charge is 2.18. The Labute approximate surface area is 165 Å². The standard InChI is InChI=1S/C22H27N3O3/c1-3-25(4-2)14-21(26)23-17-8-6-9-18(13-17)24-22(27)20-10-5-7-16-15-28-12-11-19(16)20/h5-10,13H,3-4,11-12,14-15H2,1-2H3,(H,23,26)(H,24,27). The van der Waals surface area contributed by atoms with E-state index in [4.69, 9.17) is 4.74 Å². The Bertz CT molecular complexity index is 847. The van der Waals surface area contributed by atoms with Crippen LogP contribution in [0.1, 0.15) is 35.3 Å². The molecule has 0 fully saturated rings. The van der Waals surface area contributed by atoms with Crippen molar-refractivity contribution in [2.45, 2.75) is 26.9 Å². The normalized spacial score (nSPS) is 13.1. The largest absolute Gasteiger partial charge is 0.376 e. The molecule has 0 bridgehead atoms. The first kappa shape index (κ1) is 20.0. The summed E-state index contributed by atoms with van der Waals surface area (Å²) in [5.74, 6) is -0.213. The van der Waals surface area contributed by atoms with Crippen molar-refractivity contribution in [2.75, 3.05) is 36.9 Å². The molecule has 6 heteroatoms. The molecule has 1 aliphatic rings. The Hall–Kier alpha value is -2.70. The van der Waals surface area contributed by atoms with Gasteiger partial charge >= 0.3 is 0 Å². The molecule has 2 aromatic rings. The van der Waals surface area contributed by atoms with Crippen LogP contribution in [0.25, 0.3) is 0 Å². The van der Waals surface area contributed by atoms with Gasteiger partial charge in [0.2, 0.25) is 5.91 Å². The van der Waals surface area contributed by atoms with Crippen LogP contribution in [0.2, 0.25) is 0 Å². The van der Waals surface area contributed by atoms with E-state index in [9.17, 15) is 9.59 Å². The van der Waals surface area contributed by atoms with E-state index in [-0.39, 0.29) is 11.8 Å². The average Bonchev–Trinajstić information content (AvgIpc) is 2.71. The summed E-state index contributed by atoms with van der Waals surface area (Å²) in [5.41, 5.74) is 4.11. The molecule has 0 unspecified atom stereocenters. The molecule has 2 amide bonds. The number of anilines is 2. The number of benzene rings is 2. The Kier molecular flexibility index (Phi) is 6.79. The van der Waals surface area contributed by atoms with E-state index in [0.717, 1.165) is 30.6 Å². The topological polar surface area (TPSA) is 70.7 Å². The van der Waals surface area contributed by atoms with Crippen molar-refractivity contribution in [1.29, 1.82) is 0 Å². The fourth-order valence-electron chi connectivity index (χ4n) is 3.36. The molecule has 1 aliphatic heterocycles. The van der Waals surface area contributed by atoms with Gasteiger partial charge in [-0.15, -0.1) is 0 Å². The number of nitrogens with zero attached hydrogens (tertiary/aromatic N) is 1. The van der Waals surface area contributed by atoms with Crippen molar-refractivity contribution in [3.8, 4) is 0 Å². The monoisotopic (exact) mass is 381 g/mol. The first-order valence-electron chi connectivity index (χ1n) is 9.72. The van der Waals surface area contributed by atoms with Gasteiger partial charge in [-0.1, -0.05) is 32.0 Å². The number of carbonyl (C=O) groups is 2. The minimum Gasteiger partial charge on any atom is -0.376 e. The number of likely N-dealkylation sites (N-methyl/N-ethyl adjacent to an activating group) is 1. The molecule has 3 rings (SSSR count). The minimum atomic E-state index is -0.148. The van der Waals surface area contributed by atoms with E-state index in [1.807, 2.05) is 55.1 Å².